The third-order valence-electron chi connectivity index (χ3n) is 8.17. The van der Waals surface area contributed by atoms with Crippen molar-refractivity contribution in [1.29, 1.82) is 0 Å². The first-order valence-corrected chi connectivity index (χ1v) is 13.6. The van der Waals surface area contributed by atoms with Gasteiger partial charge in [-0.25, -0.2) is 9.97 Å². The maximum Gasteiger partial charge on any atom is 0.254 e. The first-order valence-electron chi connectivity index (χ1n) is 13.6. The summed E-state index contributed by atoms with van der Waals surface area (Å²) in [4.78, 5) is 31.0. The van der Waals surface area contributed by atoms with Crippen LogP contribution in [0.1, 0.15) is 64.2 Å². The highest BCUT2D eigenvalue weighted by Gasteiger charge is 2.26. The Hall–Kier alpha value is -4.11. The highest BCUT2D eigenvalue weighted by atomic mass is 16.2. The second-order valence-corrected chi connectivity index (χ2v) is 10.7. The van der Waals surface area contributed by atoms with Crippen LogP contribution < -0.4 is 4.90 Å². The van der Waals surface area contributed by atoms with Crippen molar-refractivity contribution in [2.24, 2.45) is 0 Å². The lowest BCUT2D eigenvalue weighted by Crippen LogP contribution is -2.38. The Morgan fingerprint density at radius 2 is 1.74 bits per heavy atom. The minimum absolute atomic E-state index is 0.0963. The molecule has 6 nitrogen and oxygen atoms in total. The molecule has 2 aliphatic rings. The van der Waals surface area contributed by atoms with Gasteiger partial charge in [0.05, 0.1) is 17.2 Å². The quantitative estimate of drug-likeness (QED) is 0.355. The van der Waals surface area contributed by atoms with Gasteiger partial charge < -0.3 is 14.8 Å². The smallest absolute Gasteiger partial charge is 0.254 e. The minimum atomic E-state index is 0.0963. The fourth-order valence-corrected chi connectivity index (χ4v) is 5.92. The highest BCUT2D eigenvalue weighted by Crippen LogP contribution is 2.32. The van der Waals surface area contributed by atoms with Crippen molar-refractivity contribution in [2.45, 2.75) is 45.4 Å². The van der Waals surface area contributed by atoms with Gasteiger partial charge in [-0.1, -0.05) is 24.1 Å². The van der Waals surface area contributed by atoms with Crippen LogP contribution in [0.5, 0.6) is 0 Å². The molecule has 1 N–H and O–H groups in total. The Morgan fingerprint density at radius 1 is 1.00 bits per heavy atom. The van der Waals surface area contributed by atoms with Crippen LogP contribution in [0.2, 0.25) is 0 Å². The SMILES string of the molecule is C#Cc1ccc(C2CCN(C(=O)c3cc(-c4nc5cc(N6CCCC6)ncc5[nH]4)c(C)cc3C)CC2)cc1. The van der Waals surface area contributed by atoms with Crippen molar-refractivity contribution in [3.63, 3.8) is 0 Å². The number of hydrogen-bond donors (Lipinski definition) is 1. The summed E-state index contributed by atoms with van der Waals surface area (Å²) in [6, 6.07) is 14.5. The third-order valence-corrected chi connectivity index (χ3v) is 8.17. The molecule has 0 atom stereocenters. The molecule has 0 radical (unpaired) electrons. The predicted octanol–water partition coefficient (Wildman–Crippen LogP) is 5.84. The fourth-order valence-electron chi connectivity index (χ4n) is 5.92. The highest BCUT2D eigenvalue weighted by molar-refractivity contribution is 5.97. The van der Waals surface area contributed by atoms with Crippen LogP contribution in [0.15, 0.2) is 48.7 Å². The fraction of sp³-hybridized carbons (Fsp3) is 0.344. The summed E-state index contributed by atoms with van der Waals surface area (Å²) >= 11 is 0. The van der Waals surface area contributed by atoms with E-state index < -0.39 is 0 Å². The van der Waals surface area contributed by atoms with Crippen LogP contribution in [0, 0.1) is 26.2 Å². The zero-order valence-corrected chi connectivity index (χ0v) is 22.1. The van der Waals surface area contributed by atoms with Gasteiger partial charge in [0.25, 0.3) is 5.91 Å². The number of carbonyl (C=O) groups is 1. The third kappa shape index (κ3) is 4.54. The van der Waals surface area contributed by atoms with Crippen LogP contribution in [-0.2, 0) is 0 Å². The van der Waals surface area contributed by atoms with Crippen LogP contribution in [0.4, 0.5) is 5.82 Å². The standard InChI is InChI=1S/C32H33N5O/c1-4-23-7-9-24(10-8-23)25-11-15-37(16-12-25)32(38)27-18-26(21(2)17-22(27)3)31-34-28-19-30(33-20-29(28)35-31)36-13-5-6-14-36/h1,7-10,17-20,25H,5-6,11-16H2,2-3H3,(H,34,35). The maximum absolute atomic E-state index is 13.7. The molecule has 0 aliphatic carbocycles. The Labute approximate surface area is 224 Å². The monoisotopic (exact) mass is 503 g/mol. The zero-order valence-electron chi connectivity index (χ0n) is 22.1. The van der Waals surface area contributed by atoms with Gasteiger partial charge in [0.1, 0.15) is 11.6 Å². The van der Waals surface area contributed by atoms with Gasteiger partial charge in [-0.2, -0.15) is 0 Å². The van der Waals surface area contributed by atoms with E-state index in [4.69, 9.17) is 11.4 Å². The average Bonchev–Trinajstić information content (AvgIpc) is 3.63. The molecule has 2 aliphatic heterocycles. The number of anilines is 1. The van der Waals surface area contributed by atoms with E-state index in [1.165, 1.54) is 18.4 Å². The number of likely N-dealkylation sites (tertiary alicyclic amines) is 1. The molecule has 2 aromatic carbocycles. The molecular weight excluding hydrogens is 470 g/mol. The lowest BCUT2D eigenvalue weighted by molar-refractivity contribution is 0.0712. The number of terminal acetylenes is 1. The summed E-state index contributed by atoms with van der Waals surface area (Å²) in [6.45, 7) is 7.70. The molecule has 38 heavy (non-hydrogen) atoms. The van der Waals surface area contributed by atoms with Gasteiger partial charge in [-0.15, -0.1) is 6.42 Å². The van der Waals surface area contributed by atoms with Crippen LogP contribution in [0.25, 0.3) is 22.4 Å². The molecule has 4 heterocycles. The van der Waals surface area contributed by atoms with E-state index in [2.05, 4.69) is 52.0 Å². The van der Waals surface area contributed by atoms with Crippen molar-refractivity contribution in [2.75, 3.05) is 31.1 Å². The Bertz CT molecular complexity index is 1530. The van der Waals surface area contributed by atoms with E-state index in [0.29, 0.717) is 5.92 Å². The molecule has 0 unspecified atom stereocenters. The van der Waals surface area contributed by atoms with Crippen LogP contribution >= 0.6 is 0 Å². The largest absolute Gasteiger partial charge is 0.357 e. The molecule has 4 aromatic rings. The van der Waals surface area contributed by atoms with Crippen molar-refractivity contribution >= 4 is 22.8 Å². The Morgan fingerprint density at radius 3 is 2.45 bits per heavy atom. The molecule has 0 bridgehead atoms. The number of aromatic amines is 1. The van der Waals surface area contributed by atoms with Crippen LogP contribution in [-0.4, -0.2) is 51.9 Å². The van der Waals surface area contributed by atoms with E-state index in [1.807, 2.05) is 36.2 Å². The van der Waals surface area contributed by atoms with E-state index in [-0.39, 0.29) is 5.91 Å². The number of H-pyrrole nitrogens is 1. The summed E-state index contributed by atoms with van der Waals surface area (Å²) in [5, 5.41) is 0. The number of rotatable bonds is 4. The lowest BCUT2D eigenvalue weighted by atomic mass is 9.88. The Kier molecular flexibility index (Phi) is 6.37. The minimum Gasteiger partial charge on any atom is -0.357 e. The van der Waals surface area contributed by atoms with Crippen molar-refractivity contribution in [3.8, 4) is 23.7 Å². The van der Waals surface area contributed by atoms with Gasteiger partial charge >= 0.3 is 0 Å². The van der Waals surface area contributed by atoms with E-state index >= 15 is 0 Å². The number of fused-ring (bicyclic) bond motifs is 1. The van der Waals surface area contributed by atoms with Gasteiger partial charge in [-0.05, 0) is 80.3 Å². The number of hydrogen-bond acceptors (Lipinski definition) is 4. The summed E-state index contributed by atoms with van der Waals surface area (Å²) in [7, 11) is 0. The Balaban J connectivity index is 1.22. The number of carbonyl (C=O) groups excluding carboxylic acids is 1. The predicted molar refractivity (Wildman–Crippen MR) is 153 cm³/mol. The van der Waals surface area contributed by atoms with Gasteiger partial charge in [0.2, 0.25) is 0 Å². The molecule has 2 saturated heterocycles. The second kappa shape index (κ2) is 9.98. The van der Waals surface area contributed by atoms with Crippen molar-refractivity contribution in [1.82, 2.24) is 19.9 Å². The van der Waals surface area contributed by atoms with E-state index in [9.17, 15) is 4.79 Å². The van der Waals surface area contributed by atoms with Gasteiger partial charge in [-0.3, -0.25) is 4.79 Å². The number of aromatic nitrogens is 3. The molecular formula is C32H33N5O. The average molecular weight is 504 g/mol. The van der Waals surface area contributed by atoms with Crippen molar-refractivity contribution in [3.05, 3.63) is 76.5 Å². The molecule has 6 heteroatoms. The van der Waals surface area contributed by atoms with E-state index in [1.54, 1.807) is 0 Å². The molecule has 6 rings (SSSR count). The number of nitrogens with one attached hydrogen (secondary N) is 1. The molecule has 0 saturated carbocycles. The second-order valence-electron chi connectivity index (χ2n) is 10.7. The number of amides is 1. The first-order chi connectivity index (χ1) is 18.5. The van der Waals surface area contributed by atoms with Crippen molar-refractivity contribution < 1.29 is 4.79 Å². The first kappa shape index (κ1) is 24.2. The molecule has 2 fully saturated rings. The summed E-state index contributed by atoms with van der Waals surface area (Å²) in [5.41, 5.74) is 7.82. The summed E-state index contributed by atoms with van der Waals surface area (Å²) in [5.74, 6) is 4.99. The number of nitrogens with zero attached hydrogens (tertiary/aromatic N) is 4. The lowest BCUT2D eigenvalue weighted by Gasteiger charge is -2.33. The number of benzene rings is 2. The molecule has 2 aromatic heterocycles. The molecule has 0 spiro atoms. The topological polar surface area (TPSA) is 65.1 Å². The number of pyridine rings is 1. The summed E-state index contributed by atoms with van der Waals surface area (Å²) < 4.78 is 0. The molecule has 1 amide bonds. The normalized spacial score (nSPS) is 16.2. The maximum atomic E-state index is 13.7. The van der Waals surface area contributed by atoms with E-state index in [0.717, 1.165) is 89.5 Å². The van der Waals surface area contributed by atoms with Gasteiger partial charge in [0, 0.05) is 48.9 Å². The molecule has 192 valence electrons. The van der Waals surface area contributed by atoms with Gasteiger partial charge in [0.15, 0.2) is 0 Å². The van der Waals surface area contributed by atoms with Crippen LogP contribution in [0.3, 0.4) is 0 Å². The number of aryl methyl sites for hydroxylation is 2. The zero-order chi connectivity index (χ0) is 26.2. The number of imidazole rings is 1. The number of piperidine rings is 1. The summed E-state index contributed by atoms with van der Waals surface area (Å²) in [6.07, 6.45) is 11.7.